The van der Waals surface area contributed by atoms with Crippen molar-refractivity contribution in [3.63, 3.8) is 0 Å². The fraction of sp³-hybridized carbons (Fsp3) is 0.167. The fourth-order valence-corrected chi connectivity index (χ4v) is 3.29. The van der Waals surface area contributed by atoms with Crippen LogP contribution in [0.5, 0.6) is 0 Å². The molecule has 2 rings (SSSR count). The predicted octanol–water partition coefficient (Wildman–Crippen LogP) is 0.905. The Hall–Kier alpha value is -2.55. The maximum atomic E-state index is 12.5. The van der Waals surface area contributed by atoms with Gasteiger partial charge in [0.05, 0.1) is 29.5 Å². The van der Waals surface area contributed by atoms with Gasteiger partial charge in [0.2, 0.25) is 0 Å². The summed E-state index contributed by atoms with van der Waals surface area (Å²) in [6.07, 6.45) is 2.46. The second kappa shape index (κ2) is 5.44. The molecule has 8 nitrogen and oxygen atoms in total. The number of sulfonamides is 1. The summed E-state index contributed by atoms with van der Waals surface area (Å²) in [6.45, 7) is 1.79. The number of nitrogens with zero attached hydrogens (tertiary/aromatic N) is 2. The van der Waals surface area contributed by atoms with Gasteiger partial charge in [-0.15, -0.1) is 0 Å². The van der Waals surface area contributed by atoms with Crippen molar-refractivity contribution in [2.75, 3.05) is 16.6 Å². The number of aromatic amines is 1. The van der Waals surface area contributed by atoms with Gasteiger partial charge in [-0.3, -0.25) is 4.31 Å². The van der Waals surface area contributed by atoms with E-state index >= 15 is 0 Å². The Morgan fingerprint density at radius 1 is 1.48 bits per heavy atom. The van der Waals surface area contributed by atoms with Crippen LogP contribution in [0.15, 0.2) is 35.7 Å². The molecule has 0 saturated heterocycles. The van der Waals surface area contributed by atoms with Crippen molar-refractivity contribution >= 4 is 27.4 Å². The summed E-state index contributed by atoms with van der Waals surface area (Å²) in [5.74, 6) is -1.13. The molecule has 1 heterocycles. The van der Waals surface area contributed by atoms with E-state index in [0.29, 0.717) is 0 Å². The Labute approximate surface area is 121 Å². The summed E-state index contributed by atoms with van der Waals surface area (Å²) >= 11 is 0. The van der Waals surface area contributed by atoms with Gasteiger partial charge >= 0.3 is 5.97 Å². The summed E-state index contributed by atoms with van der Waals surface area (Å²) in [5, 5.41) is 8.84. The lowest BCUT2D eigenvalue weighted by Gasteiger charge is -2.23. The van der Waals surface area contributed by atoms with Gasteiger partial charge in [-0.1, -0.05) is 0 Å². The maximum absolute atomic E-state index is 12.5. The Bertz CT molecular complexity index is 756. The quantitative estimate of drug-likeness (QED) is 0.704. The van der Waals surface area contributed by atoms with Gasteiger partial charge in [0.1, 0.15) is 0 Å². The average Bonchev–Trinajstić information content (AvgIpc) is 2.95. The molecule has 0 unspecified atom stereocenters. The van der Waals surface area contributed by atoms with E-state index in [9.17, 15) is 13.2 Å². The number of anilines is 2. The van der Waals surface area contributed by atoms with Crippen LogP contribution >= 0.6 is 0 Å². The third-order valence-corrected chi connectivity index (χ3v) is 4.69. The van der Waals surface area contributed by atoms with Gasteiger partial charge in [-0.2, -0.15) is 8.42 Å². The topological polar surface area (TPSA) is 129 Å². The highest BCUT2D eigenvalue weighted by Crippen LogP contribution is 2.28. The molecule has 4 N–H and O–H groups in total. The smallest absolute Gasteiger partial charge is 0.335 e. The molecule has 0 aliphatic carbocycles. The number of hydrogen-bond donors (Lipinski definition) is 3. The van der Waals surface area contributed by atoms with E-state index in [-0.39, 0.29) is 28.5 Å². The zero-order valence-electron chi connectivity index (χ0n) is 11.1. The van der Waals surface area contributed by atoms with Crippen molar-refractivity contribution in [3.05, 3.63) is 36.3 Å². The van der Waals surface area contributed by atoms with Crippen molar-refractivity contribution in [2.45, 2.75) is 11.9 Å². The fourth-order valence-electron chi connectivity index (χ4n) is 1.89. The number of nitrogens with two attached hydrogens (primary N) is 1. The number of carbonyl (C=O) groups is 1. The van der Waals surface area contributed by atoms with Crippen LogP contribution in [0.25, 0.3) is 0 Å². The minimum absolute atomic E-state index is 0.00811. The van der Waals surface area contributed by atoms with E-state index in [0.717, 1.165) is 4.31 Å². The molecule has 2 aromatic rings. The summed E-state index contributed by atoms with van der Waals surface area (Å²) < 4.78 is 26.0. The van der Waals surface area contributed by atoms with Crippen molar-refractivity contribution in [3.8, 4) is 0 Å². The monoisotopic (exact) mass is 310 g/mol. The zero-order valence-corrected chi connectivity index (χ0v) is 12.0. The maximum Gasteiger partial charge on any atom is 0.335 e. The number of hydrogen-bond acceptors (Lipinski definition) is 5. The zero-order chi connectivity index (χ0) is 15.6. The third kappa shape index (κ3) is 2.68. The van der Waals surface area contributed by atoms with Crippen LogP contribution in [0.3, 0.4) is 0 Å². The Kier molecular flexibility index (Phi) is 3.85. The van der Waals surface area contributed by atoms with Gasteiger partial charge < -0.3 is 15.8 Å². The molecule has 1 aromatic carbocycles. The van der Waals surface area contributed by atoms with Gasteiger partial charge in [-0.25, -0.2) is 9.78 Å². The van der Waals surface area contributed by atoms with E-state index < -0.39 is 16.0 Å². The first kappa shape index (κ1) is 14.9. The second-order valence-electron chi connectivity index (χ2n) is 4.16. The molecular weight excluding hydrogens is 296 g/mol. The molecule has 21 heavy (non-hydrogen) atoms. The number of benzene rings is 1. The summed E-state index contributed by atoms with van der Waals surface area (Å²) in [4.78, 5) is 17.1. The van der Waals surface area contributed by atoms with E-state index in [4.69, 9.17) is 10.8 Å². The highest BCUT2D eigenvalue weighted by molar-refractivity contribution is 7.92. The van der Waals surface area contributed by atoms with Crippen LogP contribution in [0, 0.1) is 0 Å². The van der Waals surface area contributed by atoms with E-state index in [1.165, 1.54) is 30.7 Å². The molecule has 112 valence electrons. The molecule has 0 aliphatic rings. The minimum Gasteiger partial charge on any atom is -0.478 e. The second-order valence-corrected chi connectivity index (χ2v) is 6.00. The molecule has 0 spiro atoms. The van der Waals surface area contributed by atoms with Crippen LogP contribution < -0.4 is 10.0 Å². The number of H-pyrrole nitrogens is 1. The van der Waals surface area contributed by atoms with Crippen LogP contribution in [-0.4, -0.2) is 36.0 Å². The number of carboxylic acid groups (broad SMARTS) is 1. The van der Waals surface area contributed by atoms with Gasteiger partial charge in [0, 0.05) is 6.54 Å². The highest BCUT2D eigenvalue weighted by atomic mass is 32.2. The van der Waals surface area contributed by atoms with E-state index in [1.54, 1.807) is 6.92 Å². The lowest BCUT2D eigenvalue weighted by Crippen LogP contribution is -2.31. The summed E-state index contributed by atoms with van der Waals surface area (Å²) in [7, 11) is -3.83. The SMILES string of the molecule is CCN(c1ccc(C(=O)O)cc1N)S(=O)(=O)c1cnc[nH]1. The molecule has 0 atom stereocenters. The number of aromatic nitrogens is 2. The highest BCUT2D eigenvalue weighted by Gasteiger charge is 2.26. The van der Waals surface area contributed by atoms with Gasteiger partial charge in [0.15, 0.2) is 5.03 Å². The Balaban J connectivity index is 2.50. The predicted molar refractivity (Wildman–Crippen MR) is 76.6 cm³/mol. The first-order valence-corrected chi connectivity index (χ1v) is 7.46. The van der Waals surface area contributed by atoms with Gasteiger partial charge in [0.25, 0.3) is 10.0 Å². The number of aromatic carboxylic acids is 1. The van der Waals surface area contributed by atoms with Crippen LogP contribution in [0.1, 0.15) is 17.3 Å². The van der Waals surface area contributed by atoms with E-state index in [2.05, 4.69) is 9.97 Å². The molecular formula is C12H14N4O4S. The molecule has 0 bridgehead atoms. The minimum atomic E-state index is -3.83. The van der Waals surface area contributed by atoms with Gasteiger partial charge in [-0.05, 0) is 25.1 Å². The largest absolute Gasteiger partial charge is 0.478 e. The normalized spacial score (nSPS) is 11.3. The van der Waals surface area contributed by atoms with Crippen LogP contribution in [0.4, 0.5) is 11.4 Å². The molecule has 0 fully saturated rings. The first-order valence-electron chi connectivity index (χ1n) is 6.02. The lowest BCUT2D eigenvalue weighted by molar-refractivity contribution is 0.0697. The molecule has 0 aliphatic heterocycles. The van der Waals surface area contributed by atoms with Crippen molar-refractivity contribution < 1.29 is 18.3 Å². The average molecular weight is 310 g/mol. The molecule has 9 heteroatoms. The number of rotatable bonds is 5. The standard InChI is InChI=1S/C12H14N4O4S/c1-2-16(21(19,20)11-6-14-7-15-11)10-4-3-8(12(17)18)5-9(10)13/h3-7H,2,13H2,1H3,(H,14,15)(H,17,18). The van der Waals surface area contributed by atoms with Crippen molar-refractivity contribution in [2.24, 2.45) is 0 Å². The number of imidazole rings is 1. The number of nitrogens with one attached hydrogen (secondary N) is 1. The molecule has 0 amide bonds. The summed E-state index contributed by atoms with van der Waals surface area (Å²) in [5.41, 5.74) is 6.07. The number of nitrogen functional groups attached to an aromatic ring is 1. The Morgan fingerprint density at radius 3 is 2.67 bits per heavy atom. The van der Waals surface area contributed by atoms with Crippen molar-refractivity contribution in [1.29, 1.82) is 0 Å². The summed E-state index contributed by atoms with van der Waals surface area (Å²) in [6, 6.07) is 3.90. The molecule has 0 radical (unpaired) electrons. The molecule has 0 saturated carbocycles. The van der Waals surface area contributed by atoms with Crippen LogP contribution in [-0.2, 0) is 10.0 Å². The van der Waals surface area contributed by atoms with Crippen molar-refractivity contribution in [1.82, 2.24) is 9.97 Å². The lowest BCUT2D eigenvalue weighted by atomic mass is 10.2. The number of carboxylic acids is 1. The van der Waals surface area contributed by atoms with Crippen LogP contribution in [0.2, 0.25) is 0 Å². The molecule has 1 aromatic heterocycles. The third-order valence-electron chi connectivity index (χ3n) is 2.87. The van der Waals surface area contributed by atoms with E-state index in [1.807, 2.05) is 0 Å². The Morgan fingerprint density at radius 2 is 2.19 bits per heavy atom. The first-order chi connectivity index (χ1) is 9.87.